The predicted octanol–water partition coefficient (Wildman–Crippen LogP) is -4.19. The SMILES string of the molecule is N#Cc1[n-][c-]nc1C(N)=O.[Li+].[Rf]. The van der Waals surface area contributed by atoms with Gasteiger partial charge in [-0.2, -0.15) is 0 Å². The van der Waals surface area contributed by atoms with Gasteiger partial charge in [0.15, 0.2) is 5.91 Å². The van der Waals surface area contributed by atoms with Crippen molar-refractivity contribution >= 4 is 5.91 Å². The number of carbonyl (C=O) groups is 1. The first-order chi connectivity index (χ1) is 4.75. The third kappa shape index (κ3) is 1.88. The molecule has 0 aliphatic heterocycles. The van der Waals surface area contributed by atoms with Crippen LogP contribution in [-0.2, 0) is 0 Å². The molecule has 0 fully saturated rings. The van der Waals surface area contributed by atoms with E-state index in [0.29, 0.717) is 0 Å². The Morgan fingerprint density at radius 2 is 2.33 bits per heavy atom. The molecular formula is C5H2LiN4ORf-. The Kier molecular flexibility index (Phi) is 4.73. The molecule has 0 spiro atoms. The van der Waals surface area contributed by atoms with Crippen LogP contribution in [0.1, 0.15) is 16.2 Å². The number of hydrogen-bond donors (Lipinski definition) is 1. The van der Waals surface area contributed by atoms with E-state index in [9.17, 15) is 4.79 Å². The van der Waals surface area contributed by atoms with Gasteiger partial charge in [0.05, 0.1) is 0 Å². The Hall–Kier alpha value is -2.23. The van der Waals surface area contributed by atoms with E-state index < -0.39 is 5.91 Å². The van der Waals surface area contributed by atoms with Gasteiger partial charge in [0.25, 0.3) is 0 Å². The third-order valence-corrected chi connectivity index (χ3v) is 0.887. The van der Waals surface area contributed by atoms with Crippen LogP contribution in [0.25, 0.3) is 0 Å². The summed E-state index contributed by atoms with van der Waals surface area (Å²) in [5.41, 5.74) is 4.62. The molecule has 0 aliphatic carbocycles. The Bertz CT molecular complexity index is 305. The Labute approximate surface area is 74.8 Å². The molecule has 1 heterocycles. The normalized spacial score (nSPS) is 7.25. The van der Waals surface area contributed by atoms with Gasteiger partial charge in [0.2, 0.25) is 0 Å². The minimum absolute atomic E-state index is 0. The van der Waals surface area contributed by atoms with E-state index >= 15 is 0 Å². The molecule has 52 valence electrons. The number of rotatable bonds is 1. The predicted molar refractivity (Wildman–Crippen MR) is 29.6 cm³/mol. The van der Waals surface area contributed by atoms with Crippen LogP contribution in [0.5, 0.6) is 0 Å². The average Bonchev–Trinajstić information content (AvgIpc) is 2.33. The van der Waals surface area contributed by atoms with Crippen LogP contribution in [0.4, 0.5) is 0 Å². The molecule has 0 radical (unpaired) electrons. The van der Waals surface area contributed by atoms with Crippen molar-refractivity contribution < 1.29 is 23.7 Å². The number of carbonyl (C=O) groups excluding carboxylic acids is 1. The average molecular weight is 408 g/mol. The smallest absolute Gasteiger partial charge is 0.577 e. The molecule has 12 heavy (non-hydrogen) atoms. The van der Waals surface area contributed by atoms with Crippen molar-refractivity contribution in [3.63, 3.8) is 0 Å². The minimum atomic E-state index is -0.759. The van der Waals surface area contributed by atoms with Gasteiger partial charge >= 0.3 is 18.9 Å². The van der Waals surface area contributed by atoms with E-state index in [4.69, 9.17) is 11.0 Å². The van der Waals surface area contributed by atoms with Crippen LogP contribution in [0.2, 0.25) is 0 Å². The number of primary amides is 1. The number of nitrogens with zero attached hydrogens (tertiary/aromatic N) is 3. The second kappa shape index (κ2) is 4.56. The Morgan fingerprint density at radius 3 is 2.67 bits per heavy atom. The van der Waals surface area contributed by atoms with Crippen molar-refractivity contribution in [2.75, 3.05) is 0 Å². The first kappa shape index (κ1) is 12.4. The largest absolute Gasteiger partial charge is 1.00 e. The van der Waals surface area contributed by atoms with Crippen molar-refractivity contribution in [1.82, 2.24) is 9.97 Å². The van der Waals surface area contributed by atoms with E-state index in [1.54, 1.807) is 6.07 Å². The van der Waals surface area contributed by atoms with Crippen LogP contribution in [0, 0.1) is 17.7 Å². The van der Waals surface area contributed by atoms with Crippen molar-refractivity contribution in [2.45, 2.75) is 0 Å². The zero-order valence-electron chi connectivity index (χ0n) is 6.53. The summed E-state index contributed by atoms with van der Waals surface area (Å²) in [6, 6.07) is 1.65. The Morgan fingerprint density at radius 1 is 1.75 bits per heavy atom. The van der Waals surface area contributed by atoms with Gasteiger partial charge in [-0.1, -0.05) is 0 Å². The fourth-order valence-electron chi connectivity index (χ4n) is 0.481. The van der Waals surface area contributed by atoms with Crippen LogP contribution >= 0.6 is 0 Å². The minimum Gasteiger partial charge on any atom is -0.577 e. The zero-order valence-corrected chi connectivity index (χ0v) is 12.9. The molecule has 0 unspecified atom stereocenters. The number of hydrogen-bond acceptors (Lipinski definition) is 3. The van der Waals surface area contributed by atoms with E-state index in [-0.39, 0.29) is 30.2 Å². The molecule has 1 aromatic rings. The molecule has 0 bridgehead atoms. The molecular weight excluding hydrogens is 406 g/mol. The molecule has 0 aliphatic rings. The number of imidazole rings is 1. The fraction of sp³-hybridized carbons (Fsp3) is 0. The van der Waals surface area contributed by atoms with Gasteiger partial charge in [-0.25, -0.2) is 11.6 Å². The molecule has 0 aromatic carbocycles. The van der Waals surface area contributed by atoms with Crippen LogP contribution in [-0.4, -0.2) is 10.9 Å². The van der Waals surface area contributed by atoms with Gasteiger partial charge in [-0.05, 0) is 0 Å². The zero-order chi connectivity index (χ0) is 7.56. The molecule has 1 aromatic heterocycles. The first-order valence-corrected chi connectivity index (χ1v) is 2.36. The standard InChI is InChI=1S/C5H2N4O.Li.Rf/c6-1-3-4(5(7)10)9-2-8-3;;/h(H2-,7,8,9,10);;/q-2;+1;. The quantitative estimate of drug-likeness (QED) is 0.377. The number of amides is 1. The topological polar surface area (TPSA) is 93.9 Å². The molecule has 5 nitrogen and oxygen atoms in total. The van der Waals surface area contributed by atoms with Gasteiger partial charge in [-0.3, -0.25) is 4.79 Å². The summed E-state index contributed by atoms with van der Waals surface area (Å²) in [4.78, 5) is 17.1. The molecule has 2 N–H and O–H groups in total. The van der Waals surface area contributed by atoms with Crippen molar-refractivity contribution in [1.29, 1.82) is 5.26 Å². The summed E-state index contributed by atoms with van der Waals surface area (Å²) in [7, 11) is 0. The molecule has 0 saturated heterocycles. The van der Waals surface area contributed by atoms with Gasteiger partial charge in [0, 0.05) is 6.07 Å². The van der Waals surface area contributed by atoms with Crippen molar-refractivity contribution in [2.24, 2.45) is 5.73 Å². The summed E-state index contributed by atoms with van der Waals surface area (Å²) in [6.07, 6.45) is 2.11. The number of nitriles is 1. The van der Waals surface area contributed by atoms with Crippen LogP contribution < -0.4 is 29.6 Å². The summed E-state index contributed by atoms with van der Waals surface area (Å²) in [5.74, 6) is -0.759. The van der Waals surface area contributed by atoms with E-state index in [2.05, 4.69) is 16.3 Å². The summed E-state index contributed by atoms with van der Waals surface area (Å²) >= 11 is 0. The van der Waals surface area contributed by atoms with Crippen molar-refractivity contribution in [3.05, 3.63) is 17.7 Å². The molecule has 0 atom stereocenters. The molecule has 1 rings (SSSR count). The monoisotopic (exact) mass is 408 g/mol. The number of nitrogens with two attached hydrogens (primary N) is 1. The van der Waals surface area contributed by atoms with Crippen LogP contribution in [0.3, 0.4) is 0 Å². The maximum absolute atomic E-state index is 10.4. The van der Waals surface area contributed by atoms with E-state index in [1.807, 2.05) is 0 Å². The summed E-state index contributed by atoms with van der Waals surface area (Å²) in [5, 5.41) is 8.28. The maximum atomic E-state index is 10.4. The van der Waals surface area contributed by atoms with Crippen LogP contribution in [0.15, 0.2) is 0 Å². The second-order valence-corrected chi connectivity index (χ2v) is 1.50. The second-order valence-electron chi connectivity index (χ2n) is 1.50. The summed E-state index contributed by atoms with van der Waals surface area (Å²) in [6.45, 7) is 0. The van der Waals surface area contributed by atoms with Gasteiger partial charge in [0.1, 0.15) is 0 Å². The molecule has 7 heteroatoms. The molecule has 0 saturated carbocycles. The third-order valence-electron chi connectivity index (χ3n) is 0.887. The van der Waals surface area contributed by atoms with Gasteiger partial charge < -0.3 is 15.7 Å². The number of aromatic nitrogens is 2. The van der Waals surface area contributed by atoms with E-state index in [0.717, 1.165) is 0 Å². The first-order valence-electron chi connectivity index (χ1n) is 2.36. The molecule has 1 amide bonds. The van der Waals surface area contributed by atoms with Crippen molar-refractivity contribution in [3.8, 4) is 6.07 Å². The fourth-order valence-corrected chi connectivity index (χ4v) is 0.481. The maximum Gasteiger partial charge on any atom is 1.00 e. The van der Waals surface area contributed by atoms with Gasteiger partial charge in [-0.15, -0.1) is 11.4 Å². The summed E-state index contributed by atoms with van der Waals surface area (Å²) < 4.78 is 0. The van der Waals surface area contributed by atoms with E-state index in [1.165, 1.54) is 0 Å². The Balaban J connectivity index is 0.